The van der Waals surface area contributed by atoms with Crippen molar-refractivity contribution in [1.29, 1.82) is 0 Å². The maximum Gasteiger partial charge on any atom is 0.318 e. The van der Waals surface area contributed by atoms with Gasteiger partial charge in [0.25, 0.3) is 0 Å². The average molecular weight is 499 g/mol. The molecule has 7 nitrogen and oxygen atoms in total. The molecule has 5 rings (SSSR count). The third-order valence-corrected chi connectivity index (χ3v) is 6.72. The summed E-state index contributed by atoms with van der Waals surface area (Å²) in [6, 6.07) is 21.0. The average Bonchev–Trinajstić information content (AvgIpc) is 2.94. The predicted molar refractivity (Wildman–Crippen MR) is 149 cm³/mol. The van der Waals surface area contributed by atoms with Crippen LogP contribution < -0.4 is 24.4 Å². The molecular weight excluding hydrogens is 464 g/mol. The largest absolute Gasteiger partial charge is 0.493 e. The van der Waals surface area contributed by atoms with Gasteiger partial charge in [-0.25, -0.2) is 0 Å². The Bertz CT molecular complexity index is 1350. The van der Waals surface area contributed by atoms with Gasteiger partial charge in [-0.3, -0.25) is 0 Å². The Hall–Kier alpha value is -4.00. The van der Waals surface area contributed by atoms with Crippen LogP contribution in [0.2, 0.25) is 0 Å². The smallest absolute Gasteiger partial charge is 0.318 e. The highest BCUT2D eigenvalue weighted by molar-refractivity contribution is 5.93. The van der Waals surface area contributed by atoms with Crippen molar-refractivity contribution in [3.05, 3.63) is 71.8 Å². The van der Waals surface area contributed by atoms with Gasteiger partial charge < -0.3 is 24.4 Å². The molecule has 2 heterocycles. The Labute approximate surface area is 218 Å². The van der Waals surface area contributed by atoms with Gasteiger partial charge in [0.1, 0.15) is 5.82 Å². The van der Waals surface area contributed by atoms with Crippen molar-refractivity contribution in [2.45, 2.75) is 32.6 Å². The maximum atomic E-state index is 6.08. The van der Waals surface area contributed by atoms with Crippen LogP contribution in [0, 0.1) is 6.92 Å². The standard InChI is InChI=1S/C30H34N4O3/c1-21-7-10-23(11-8-21)31-24-12-13-26-25(20-24)29(34-16-5-4-6-17-34)33-30(32-26)37-18-15-22-9-14-27(35-2)28(19-22)36-3/h7-14,19-20,31H,4-6,15-18H2,1-3H3. The normalized spacial score (nSPS) is 13.4. The summed E-state index contributed by atoms with van der Waals surface area (Å²) in [6.07, 6.45) is 4.30. The molecule has 1 N–H and O–H groups in total. The van der Waals surface area contributed by atoms with Crippen LogP contribution in [0.25, 0.3) is 10.9 Å². The molecule has 0 atom stereocenters. The lowest BCUT2D eigenvalue weighted by Gasteiger charge is -2.29. The van der Waals surface area contributed by atoms with Gasteiger partial charge in [-0.2, -0.15) is 9.97 Å². The van der Waals surface area contributed by atoms with Gasteiger partial charge in [-0.1, -0.05) is 23.8 Å². The number of ether oxygens (including phenoxy) is 3. The van der Waals surface area contributed by atoms with Crippen LogP contribution >= 0.6 is 0 Å². The zero-order valence-corrected chi connectivity index (χ0v) is 21.8. The lowest BCUT2D eigenvalue weighted by Crippen LogP contribution is -2.30. The number of aryl methyl sites for hydroxylation is 1. The number of hydrogen-bond acceptors (Lipinski definition) is 7. The van der Waals surface area contributed by atoms with E-state index in [1.54, 1.807) is 14.2 Å². The van der Waals surface area contributed by atoms with Gasteiger partial charge in [0, 0.05) is 36.3 Å². The number of piperidine rings is 1. The molecule has 1 aromatic heterocycles. The van der Waals surface area contributed by atoms with Gasteiger partial charge in [0.2, 0.25) is 0 Å². The van der Waals surface area contributed by atoms with E-state index in [0.29, 0.717) is 30.5 Å². The van der Waals surface area contributed by atoms with Crippen LogP contribution in [-0.4, -0.2) is 43.9 Å². The molecule has 37 heavy (non-hydrogen) atoms. The van der Waals surface area contributed by atoms with Gasteiger partial charge in [0.15, 0.2) is 11.5 Å². The predicted octanol–water partition coefficient (Wildman–Crippen LogP) is 6.31. The Balaban J connectivity index is 1.38. The van der Waals surface area contributed by atoms with E-state index >= 15 is 0 Å². The Morgan fingerprint density at radius 2 is 1.57 bits per heavy atom. The van der Waals surface area contributed by atoms with Gasteiger partial charge in [-0.15, -0.1) is 0 Å². The first kappa shape index (κ1) is 24.7. The molecule has 192 valence electrons. The lowest BCUT2D eigenvalue weighted by atomic mass is 10.1. The summed E-state index contributed by atoms with van der Waals surface area (Å²) in [5.41, 5.74) is 5.29. The van der Waals surface area contributed by atoms with Crippen molar-refractivity contribution in [3.8, 4) is 17.5 Å². The number of fused-ring (bicyclic) bond motifs is 1. The van der Waals surface area contributed by atoms with E-state index < -0.39 is 0 Å². The minimum atomic E-state index is 0.410. The van der Waals surface area contributed by atoms with Gasteiger partial charge >= 0.3 is 6.01 Å². The van der Waals surface area contributed by atoms with Crippen molar-refractivity contribution >= 4 is 28.1 Å². The summed E-state index contributed by atoms with van der Waals surface area (Å²) < 4.78 is 16.8. The number of nitrogens with zero attached hydrogens (tertiary/aromatic N) is 3. The van der Waals surface area contributed by atoms with Crippen LogP contribution in [0.15, 0.2) is 60.7 Å². The molecule has 0 amide bonds. The molecule has 0 saturated carbocycles. The number of anilines is 3. The molecule has 3 aromatic carbocycles. The molecule has 1 aliphatic heterocycles. The minimum Gasteiger partial charge on any atom is -0.493 e. The fourth-order valence-electron chi connectivity index (χ4n) is 4.68. The lowest BCUT2D eigenvalue weighted by molar-refractivity contribution is 0.297. The fraction of sp³-hybridized carbons (Fsp3) is 0.333. The number of benzene rings is 3. The van der Waals surface area contributed by atoms with E-state index in [0.717, 1.165) is 46.7 Å². The van der Waals surface area contributed by atoms with Crippen LogP contribution in [0.4, 0.5) is 17.2 Å². The number of methoxy groups -OCH3 is 2. The first-order valence-electron chi connectivity index (χ1n) is 12.9. The third kappa shape index (κ3) is 5.88. The second kappa shape index (κ2) is 11.4. The summed E-state index contributed by atoms with van der Waals surface area (Å²) >= 11 is 0. The SMILES string of the molecule is COc1ccc(CCOc2nc(N3CCCCC3)c3cc(Nc4ccc(C)cc4)ccc3n2)cc1OC. The number of rotatable bonds is 9. The topological polar surface area (TPSA) is 68.7 Å². The third-order valence-electron chi connectivity index (χ3n) is 6.72. The van der Waals surface area contributed by atoms with E-state index in [1.165, 1.54) is 24.8 Å². The van der Waals surface area contributed by atoms with E-state index in [2.05, 4.69) is 53.5 Å². The first-order chi connectivity index (χ1) is 18.1. The molecule has 0 bridgehead atoms. The van der Waals surface area contributed by atoms with E-state index in [9.17, 15) is 0 Å². The molecule has 0 spiro atoms. The van der Waals surface area contributed by atoms with Crippen molar-refractivity contribution in [2.24, 2.45) is 0 Å². The number of nitrogens with one attached hydrogen (secondary N) is 1. The molecule has 1 saturated heterocycles. The molecule has 0 aliphatic carbocycles. The highest BCUT2D eigenvalue weighted by atomic mass is 16.5. The van der Waals surface area contributed by atoms with Crippen LogP contribution in [0.5, 0.6) is 17.5 Å². The maximum absolute atomic E-state index is 6.08. The van der Waals surface area contributed by atoms with Gasteiger partial charge in [-0.05, 0) is 74.2 Å². The summed E-state index contributed by atoms with van der Waals surface area (Å²) in [5, 5.41) is 4.55. The number of hydrogen-bond donors (Lipinski definition) is 1. The molecule has 1 aliphatic rings. The Kier molecular flexibility index (Phi) is 7.59. The molecule has 1 fully saturated rings. The summed E-state index contributed by atoms with van der Waals surface area (Å²) in [5.74, 6) is 2.37. The Morgan fingerprint density at radius 3 is 2.32 bits per heavy atom. The van der Waals surface area contributed by atoms with Gasteiger partial charge in [0.05, 0.1) is 26.3 Å². The molecule has 4 aromatic rings. The first-order valence-corrected chi connectivity index (χ1v) is 12.9. The molecule has 0 unspecified atom stereocenters. The van der Waals surface area contributed by atoms with Crippen LogP contribution in [0.1, 0.15) is 30.4 Å². The molecular formula is C30H34N4O3. The molecule has 7 heteroatoms. The van der Waals surface area contributed by atoms with Crippen molar-refractivity contribution in [2.75, 3.05) is 44.1 Å². The van der Waals surface area contributed by atoms with Crippen molar-refractivity contribution in [1.82, 2.24) is 9.97 Å². The highest BCUT2D eigenvalue weighted by Gasteiger charge is 2.18. The van der Waals surface area contributed by atoms with E-state index in [1.807, 2.05) is 24.3 Å². The summed E-state index contributed by atoms with van der Waals surface area (Å²) in [7, 11) is 3.28. The van der Waals surface area contributed by atoms with E-state index in [-0.39, 0.29) is 0 Å². The fourth-order valence-corrected chi connectivity index (χ4v) is 4.68. The van der Waals surface area contributed by atoms with Crippen LogP contribution in [0.3, 0.4) is 0 Å². The highest BCUT2D eigenvalue weighted by Crippen LogP contribution is 2.32. The summed E-state index contributed by atoms with van der Waals surface area (Å²) in [6.45, 7) is 4.54. The monoisotopic (exact) mass is 498 g/mol. The second-order valence-electron chi connectivity index (χ2n) is 9.39. The number of aromatic nitrogens is 2. The second-order valence-corrected chi connectivity index (χ2v) is 9.39. The Morgan fingerprint density at radius 1 is 0.811 bits per heavy atom. The zero-order chi connectivity index (χ0) is 25.6. The quantitative estimate of drug-likeness (QED) is 0.290. The van der Waals surface area contributed by atoms with Crippen LogP contribution in [-0.2, 0) is 6.42 Å². The molecule has 0 radical (unpaired) electrons. The van der Waals surface area contributed by atoms with Crippen molar-refractivity contribution in [3.63, 3.8) is 0 Å². The minimum absolute atomic E-state index is 0.410. The van der Waals surface area contributed by atoms with E-state index in [4.69, 9.17) is 24.2 Å². The van der Waals surface area contributed by atoms with Crippen molar-refractivity contribution < 1.29 is 14.2 Å². The summed E-state index contributed by atoms with van der Waals surface area (Å²) in [4.78, 5) is 12.0. The zero-order valence-electron chi connectivity index (χ0n) is 21.8.